The molecule has 1 saturated heterocycles. The van der Waals surface area contributed by atoms with Crippen LogP contribution >= 0.6 is 0 Å². The molecular weight excluding hydrogens is 232 g/mol. The van der Waals surface area contributed by atoms with Crippen molar-refractivity contribution in [3.05, 3.63) is 11.9 Å². The average Bonchev–Trinajstić information content (AvgIpc) is 2.87. The lowest BCUT2D eigenvalue weighted by Gasteiger charge is -2.13. The van der Waals surface area contributed by atoms with Crippen LogP contribution in [0.15, 0.2) is 6.20 Å². The molecule has 1 aromatic rings. The number of nitrogens with zero attached hydrogens (tertiary/aromatic N) is 3. The molecule has 1 aliphatic heterocycles. The van der Waals surface area contributed by atoms with E-state index in [1.54, 1.807) is 0 Å². The third kappa shape index (κ3) is 2.00. The van der Waals surface area contributed by atoms with E-state index >= 15 is 0 Å². The molecule has 0 saturated carbocycles. The molecule has 94 valence electrons. The van der Waals surface area contributed by atoms with E-state index in [0.29, 0.717) is 0 Å². The van der Waals surface area contributed by atoms with Gasteiger partial charge in [0, 0.05) is 0 Å². The SMILES string of the molecule is NC(=O)c1cn([C@H]2O[C@H](CO)[C@@H](O)[C@@H]2O)nn1. The Morgan fingerprint density at radius 3 is 2.71 bits per heavy atom. The highest BCUT2D eigenvalue weighted by atomic mass is 16.6. The van der Waals surface area contributed by atoms with Gasteiger partial charge in [-0.25, -0.2) is 4.68 Å². The zero-order chi connectivity index (χ0) is 12.6. The highest BCUT2D eigenvalue weighted by Crippen LogP contribution is 2.28. The minimum atomic E-state index is -1.27. The Hall–Kier alpha value is -1.55. The summed E-state index contributed by atoms with van der Waals surface area (Å²) in [5.74, 6) is -0.761. The smallest absolute Gasteiger partial charge is 0.270 e. The first-order chi connectivity index (χ1) is 8.04. The highest BCUT2D eigenvalue weighted by Gasteiger charge is 2.44. The predicted molar refractivity (Wildman–Crippen MR) is 51.5 cm³/mol. The second kappa shape index (κ2) is 4.37. The Morgan fingerprint density at radius 1 is 1.53 bits per heavy atom. The Morgan fingerprint density at radius 2 is 2.24 bits per heavy atom. The maximum Gasteiger partial charge on any atom is 0.270 e. The molecule has 0 aliphatic carbocycles. The molecule has 9 heteroatoms. The number of hydrogen-bond donors (Lipinski definition) is 4. The van der Waals surface area contributed by atoms with E-state index in [2.05, 4.69) is 10.3 Å². The number of aliphatic hydroxyl groups is 3. The number of carbonyl (C=O) groups excluding carboxylic acids is 1. The molecule has 1 fully saturated rings. The van der Waals surface area contributed by atoms with Crippen molar-refractivity contribution >= 4 is 5.91 Å². The van der Waals surface area contributed by atoms with Crippen LogP contribution in [0.4, 0.5) is 0 Å². The minimum absolute atomic E-state index is 0.0808. The van der Waals surface area contributed by atoms with Crippen molar-refractivity contribution in [2.24, 2.45) is 5.73 Å². The van der Waals surface area contributed by atoms with Gasteiger partial charge in [0.05, 0.1) is 12.8 Å². The third-order valence-corrected chi connectivity index (χ3v) is 2.54. The van der Waals surface area contributed by atoms with Crippen LogP contribution in [0.5, 0.6) is 0 Å². The van der Waals surface area contributed by atoms with Gasteiger partial charge >= 0.3 is 0 Å². The number of nitrogens with two attached hydrogens (primary N) is 1. The Labute approximate surface area is 95.4 Å². The summed E-state index contributed by atoms with van der Waals surface area (Å²) in [4.78, 5) is 10.8. The van der Waals surface area contributed by atoms with Crippen LogP contribution in [-0.4, -0.2) is 61.1 Å². The van der Waals surface area contributed by atoms with Gasteiger partial charge in [-0.05, 0) is 0 Å². The molecule has 0 radical (unpaired) electrons. The minimum Gasteiger partial charge on any atom is -0.394 e. The monoisotopic (exact) mass is 244 g/mol. The van der Waals surface area contributed by atoms with E-state index in [-0.39, 0.29) is 5.69 Å². The summed E-state index contributed by atoms with van der Waals surface area (Å²) in [5, 5.41) is 35.1. The molecule has 2 rings (SSSR count). The fraction of sp³-hybridized carbons (Fsp3) is 0.625. The van der Waals surface area contributed by atoms with E-state index in [0.717, 1.165) is 4.68 Å². The average molecular weight is 244 g/mol. The lowest BCUT2D eigenvalue weighted by Crippen LogP contribution is -2.33. The van der Waals surface area contributed by atoms with Gasteiger partial charge in [0.15, 0.2) is 11.9 Å². The molecule has 0 bridgehead atoms. The molecule has 4 atom stereocenters. The zero-order valence-corrected chi connectivity index (χ0v) is 8.67. The number of hydrogen-bond acceptors (Lipinski definition) is 7. The molecule has 5 N–H and O–H groups in total. The number of amides is 1. The van der Waals surface area contributed by atoms with Crippen molar-refractivity contribution < 1.29 is 24.9 Å². The van der Waals surface area contributed by atoms with Crippen molar-refractivity contribution in [2.45, 2.75) is 24.5 Å². The van der Waals surface area contributed by atoms with Gasteiger partial charge < -0.3 is 25.8 Å². The molecule has 0 aromatic carbocycles. The standard InChI is InChI=1S/C8H12N4O5/c9-7(16)3-1-12(11-10-3)8-6(15)5(14)4(2-13)17-8/h1,4-6,8,13-15H,2H2,(H2,9,16)/t4-,5-,6+,8+/m1/s1. The van der Waals surface area contributed by atoms with Crippen molar-refractivity contribution in [2.75, 3.05) is 6.61 Å². The maximum atomic E-state index is 10.8. The van der Waals surface area contributed by atoms with Crippen LogP contribution in [0.2, 0.25) is 0 Å². The number of ether oxygens (including phenoxy) is 1. The fourth-order valence-electron chi connectivity index (χ4n) is 1.61. The number of primary amides is 1. The quantitative estimate of drug-likeness (QED) is 0.443. The first-order valence-corrected chi connectivity index (χ1v) is 4.88. The Kier molecular flexibility index (Phi) is 3.07. The van der Waals surface area contributed by atoms with Gasteiger partial charge in [-0.1, -0.05) is 5.21 Å². The molecule has 0 spiro atoms. The summed E-state index contributed by atoms with van der Waals surface area (Å²) in [5.41, 5.74) is 4.91. The van der Waals surface area contributed by atoms with E-state index in [1.807, 2.05) is 0 Å². The van der Waals surface area contributed by atoms with Crippen LogP contribution in [0.3, 0.4) is 0 Å². The molecule has 1 aliphatic rings. The molecule has 2 heterocycles. The van der Waals surface area contributed by atoms with Gasteiger partial charge in [0.2, 0.25) is 0 Å². The number of aromatic nitrogens is 3. The van der Waals surface area contributed by atoms with Gasteiger partial charge in [-0.3, -0.25) is 4.79 Å². The Bertz CT molecular complexity index is 422. The lowest BCUT2D eigenvalue weighted by molar-refractivity contribution is -0.0594. The second-order valence-corrected chi connectivity index (χ2v) is 3.68. The Balaban J connectivity index is 2.19. The molecule has 9 nitrogen and oxygen atoms in total. The third-order valence-electron chi connectivity index (χ3n) is 2.54. The number of carbonyl (C=O) groups is 1. The van der Waals surface area contributed by atoms with Gasteiger partial charge in [0.25, 0.3) is 5.91 Å². The van der Waals surface area contributed by atoms with E-state index in [4.69, 9.17) is 15.6 Å². The number of aliphatic hydroxyl groups excluding tert-OH is 3. The highest BCUT2D eigenvalue weighted by molar-refractivity contribution is 5.90. The largest absolute Gasteiger partial charge is 0.394 e. The summed E-state index contributed by atoms with van der Waals surface area (Å²) < 4.78 is 6.25. The lowest BCUT2D eigenvalue weighted by atomic mass is 10.1. The summed E-state index contributed by atoms with van der Waals surface area (Å²) in [6, 6.07) is 0. The zero-order valence-electron chi connectivity index (χ0n) is 8.67. The van der Waals surface area contributed by atoms with Gasteiger partial charge in [0.1, 0.15) is 18.3 Å². The molecule has 17 heavy (non-hydrogen) atoms. The van der Waals surface area contributed by atoms with Gasteiger partial charge in [-0.2, -0.15) is 0 Å². The first kappa shape index (κ1) is 11.9. The summed E-state index contributed by atoms with van der Waals surface area (Å²) in [6.07, 6.45) is -3.22. The first-order valence-electron chi connectivity index (χ1n) is 4.88. The topological polar surface area (TPSA) is 144 Å². The molecule has 1 amide bonds. The van der Waals surface area contributed by atoms with E-state index in [1.165, 1.54) is 6.20 Å². The van der Waals surface area contributed by atoms with Gasteiger partial charge in [-0.15, -0.1) is 5.10 Å². The van der Waals surface area contributed by atoms with Crippen molar-refractivity contribution in [3.63, 3.8) is 0 Å². The summed E-state index contributed by atoms with van der Waals surface area (Å²) in [7, 11) is 0. The van der Waals surface area contributed by atoms with Crippen molar-refractivity contribution in [3.8, 4) is 0 Å². The van der Waals surface area contributed by atoms with Crippen LogP contribution in [0.25, 0.3) is 0 Å². The number of rotatable bonds is 3. The van der Waals surface area contributed by atoms with Crippen LogP contribution in [-0.2, 0) is 4.74 Å². The molecular formula is C8H12N4O5. The van der Waals surface area contributed by atoms with E-state index < -0.39 is 37.1 Å². The summed E-state index contributed by atoms with van der Waals surface area (Å²) >= 11 is 0. The normalized spacial score (nSPS) is 32.9. The molecule has 0 unspecified atom stereocenters. The van der Waals surface area contributed by atoms with Crippen molar-refractivity contribution in [1.29, 1.82) is 0 Å². The fourth-order valence-corrected chi connectivity index (χ4v) is 1.61. The van der Waals surface area contributed by atoms with E-state index in [9.17, 15) is 15.0 Å². The molecule has 1 aromatic heterocycles. The van der Waals surface area contributed by atoms with Crippen LogP contribution in [0.1, 0.15) is 16.7 Å². The van der Waals surface area contributed by atoms with Crippen LogP contribution < -0.4 is 5.73 Å². The summed E-state index contributed by atoms with van der Waals surface area (Å²) in [6.45, 7) is -0.438. The maximum absolute atomic E-state index is 10.8. The predicted octanol–water partition coefficient (Wildman–Crippen LogP) is -3.01. The van der Waals surface area contributed by atoms with Crippen LogP contribution in [0, 0.1) is 0 Å². The van der Waals surface area contributed by atoms with Crippen molar-refractivity contribution in [1.82, 2.24) is 15.0 Å². The second-order valence-electron chi connectivity index (χ2n) is 3.68.